The lowest BCUT2D eigenvalue weighted by Gasteiger charge is -2.09. The molecule has 1 aromatic carbocycles. The standard InChI is InChI=1S/C16H12O6/c1-9-4-5-11-10(7-9)14(19)16(21-8-13(17)18)15(22-11)12-3-2-6-20-12/h2-7H,8H2,1H3,(H,17,18). The van der Waals surface area contributed by atoms with Crippen LogP contribution in [0.2, 0.25) is 0 Å². The molecule has 3 rings (SSSR count). The Morgan fingerprint density at radius 2 is 2.14 bits per heavy atom. The number of carbonyl (C=O) groups is 1. The molecule has 0 saturated carbocycles. The summed E-state index contributed by atoms with van der Waals surface area (Å²) >= 11 is 0. The molecule has 0 aliphatic carbocycles. The van der Waals surface area contributed by atoms with Gasteiger partial charge in [0, 0.05) is 0 Å². The molecule has 2 aromatic heterocycles. The van der Waals surface area contributed by atoms with Crippen LogP contribution in [0.4, 0.5) is 0 Å². The number of hydrogen-bond acceptors (Lipinski definition) is 5. The fourth-order valence-corrected chi connectivity index (χ4v) is 2.13. The largest absolute Gasteiger partial charge is 0.479 e. The first-order valence-electron chi connectivity index (χ1n) is 6.52. The van der Waals surface area contributed by atoms with Crippen molar-refractivity contribution < 1.29 is 23.5 Å². The Morgan fingerprint density at radius 3 is 2.82 bits per heavy atom. The summed E-state index contributed by atoms with van der Waals surface area (Å²) < 4.78 is 16.1. The van der Waals surface area contributed by atoms with Gasteiger partial charge in [0.05, 0.1) is 11.6 Å². The van der Waals surface area contributed by atoms with Crippen LogP contribution in [-0.2, 0) is 4.79 Å². The highest BCUT2D eigenvalue weighted by Gasteiger charge is 2.20. The van der Waals surface area contributed by atoms with Crippen LogP contribution in [-0.4, -0.2) is 17.7 Å². The van der Waals surface area contributed by atoms with E-state index in [0.29, 0.717) is 16.7 Å². The van der Waals surface area contributed by atoms with Gasteiger partial charge < -0.3 is 18.7 Å². The van der Waals surface area contributed by atoms with Crippen molar-refractivity contribution in [3.63, 3.8) is 0 Å². The van der Waals surface area contributed by atoms with Gasteiger partial charge in [0.25, 0.3) is 0 Å². The fourth-order valence-electron chi connectivity index (χ4n) is 2.13. The van der Waals surface area contributed by atoms with E-state index in [1.807, 2.05) is 13.0 Å². The average molecular weight is 300 g/mol. The lowest BCUT2D eigenvalue weighted by atomic mass is 10.1. The summed E-state index contributed by atoms with van der Waals surface area (Å²) in [6.07, 6.45) is 1.43. The Bertz CT molecular complexity index is 889. The number of benzene rings is 1. The maximum absolute atomic E-state index is 12.6. The quantitative estimate of drug-likeness (QED) is 0.796. The van der Waals surface area contributed by atoms with Gasteiger partial charge in [-0.15, -0.1) is 0 Å². The molecule has 6 heteroatoms. The van der Waals surface area contributed by atoms with Crippen molar-refractivity contribution in [1.29, 1.82) is 0 Å². The Balaban J connectivity index is 2.27. The molecular formula is C16H12O6. The van der Waals surface area contributed by atoms with Crippen LogP contribution in [0, 0.1) is 6.92 Å². The monoisotopic (exact) mass is 300 g/mol. The molecule has 0 saturated heterocycles. The SMILES string of the molecule is Cc1ccc2oc(-c3ccco3)c(OCC(=O)O)c(=O)c2c1. The number of carboxylic acids is 1. The number of furan rings is 1. The van der Waals surface area contributed by atoms with E-state index in [1.54, 1.807) is 24.3 Å². The van der Waals surface area contributed by atoms with E-state index in [0.717, 1.165) is 5.56 Å². The van der Waals surface area contributed by atoms with Crippen molar-refractivity contribution in [3.05, 3.63) is 52.4 Å². The number of hydrogen-bond donors (Lipinski definition) is 1. The fraction of sp³-hybridized carbons (Fsp3) is 0.125. The Labute approximate surface area is 124 Å². The highest BCUT2D eigenvalue weighted by molar-refractivity contribution is 5.82. The summed E-state index contributed by atoms with van der Waals surface area (Å²) in [6, 6.07) is 8.40. The second kappa shape index (κ2) is 5.40. The number of aliphatic carboxylic acids is 1. The van der Waals surface area contributed by atoms with Gasteiger partial charge in [-0.25, -0.2) is 4.79 Å². The molecule has 0 unspecified atom stereocenters. The van der Waals surface area contributed by atoms with E-state index in [1.165, 1.54) is 6.26 Å². The second-order valence-corrected chi connectivity index (χ2v) is 4.75. The molecule has 0 fully saturated rings. The zero-order chi connectivity index (χ0) is 15.7. The third-order valence-electron chi connectivity index (χ3n) is 3.09. The number of rotatable bonds is 4. The van der Waals surface area contributed by atoms with Crippen LogP contribution in [0.3, 0.4) is 0 Å². The minimum atomic E-state index is -1.19. The first-order valence-corrected chi connectivity index (χ1v) is 6.52. The highest BCUT2D eigenvalue weighted by Crippen LogP contribution is 2.31. The van der Waals surface area contributed by atoms with E-state index in [4.69, 9.17) is 18.7 Å². The molecule has 0 radical (unpaired) electrons. The number of carboxylic acid groups (broad SMARTS) is 1. The number of aryl methyl sites for hydroxylation is 1. The van der Waals surface area contributed by atoms with Crippen LogP contribution in [0.1, 0.15) is 5.56 Å². The van der Waals surface area contributed by atoms with E-state index >= 15 is 0 Å². The summed E-state index contributed by atoms with van der Waals surface area (Å²) in [7, 11) is 0. The normalized spacial score (nSPS) is 10.8. The van der Waals surface area contributed by atoms with Crippen LogP contribution < -0.4 is 10.2 Å². The average Bonchev–Trinajstić information content (AvgIpc) is 3.00. The summed E-state index contributed by atoms with van der Waals surface area (Å²) in [5.74, 6) is -0.989. The molecule has 0 bridgehead atoms. The summed E-state index contributed by atoms with van der Waals surface area (Å²) in [6.45, 7) is 1.20. The molecule has 0 aliphatic heterocycles. The number of ether oxygens (including phenoxy) is 1. The van der Waals surface area contributed by atoms with Crippen LogP contribution in [0.25, 0.3) is 22.5 Å². The third kappa shape index (κ3) is 2.46. The molecule has 3 aromatic rings. The summed E-state index contributed by atoms with van der Waals surface area (Å²) in [5, 5.41) is 9.09. The molecule has 22 heavy (non-hydrogen) atoms. The van der Waals surface area contributed by atoms with Crippen LogP contribution in [0.5, 0.6) is 5.75 Å². The zero-order valence-corrected chi connectivity index (χ0v) is 11.7. The predicted octanol–water partition coefficient (Wildman–Crippen LogP) is 2.82. The van der Waals surface area contributed by atoms with Crippen molar-refractivity contribution in [2.24, 2.45) is 0 Å². The topological polar surface area (TPSA) is 89.9 Å². The van der Waals surface area contributed by atoms with Gasteiger partial charge in [-0.3, -0.25) is 4.79 Å². The molecule has 1 N–H and O–H groups in total. The lowest BCUT2D eigenvalue weighted by molar-refractivity contribution is -0.139. The second-order valence-electron chi connectivity index (χ2n) is 4.75. The maximum atomic E-state index is 12.6. The molecular weight excluding hydrogens is 288 g/mol. The smallest absolute Gasteiger partial charge is 0.341 e. The first-order chi connectivity index (χ1) is 10.6. The molecule has 2 heterocycles. The summed E-state index contributed by atoms with van der Waals surface area (Å²) in [4.78, 5) is 23.3. The maximum Gasteiger partial charge on any atom is 0.341 e. The van der Waals surface area contributed by atoms with Gasteiger partial charge in [-0.2, -0.15) is 0 Å². The molecule has 0 atom stereocenters. The van der Waals surface area contributed by atoms with Gasteiger partial charge in [0.15, 0.2) is 12.4 Å². The third-order valence-corrected chi connectivity index (χ3v) is 3.09. The van der Waals surface area contributed by atoms with Crippen molar-refractivity contribution in [1.82, 2.24) is 0 Å². The van der Waals surface area contributed by atoms with Crippen LogP contribution in [0.15, 0.2) is 50.2 Å². The lowest BCUT2D eigenvalue weighted by Crippen LogP contribution is -2.16. The highest BCUT2D eigenvalue weighted by atomic mass is 16.5. The van der Waals surface area contributed by atoms with Crippen LogP contribution >= 0.6 is 0 Å². The Morgan fingerprint density at radius 1 is 1.32 bits per heavy atom. The molecule has 6 nitrogen and oxygen atoms in total. The zero-order valence-electron chi connectivity index (χ0n) is 11.7. The van der Waals surface area contributed by atoms with E-state index in [9.17, 15) is 9.59 Å². The van der Waals surface area contributed by atoms with Gasteiger partial charge in [-0.1, -0.05) is 11.6 Å². The van der Waals surface area contributed by atoms with Crippen molar-refractivity contribution in [3.8, 4) is 17.3 Å². The minimum Gasteiger partial charge on any atom is -0.479 e. The molecule has 0 spiro atoms. The van der Waals surface area contributed by atoms with Gasteiger partial charge in [-0.05, 0) is 31.2 Å². The predicted molar refractivity (Wildman–Crippen MR) is 78.1 cm³/mol. The van der Waals surface area contributed by atoms with E-state index < -0.39 is 18.0 Å². The molecule has 0 aliphatic rings. The number of fused-ring (bicyclic) bond motifs is 1. The molecule has 112 valence electrons. The first kappa shape index (κ1) is 13.9. The van der Waals surface area contributed by atoms with Gasteiger partial charge >= 0.3 is 5.97 Å². The van der Waals surface area contributed by atoms with E-state index in [2.05, 4.69) is 0 Å². The minimum absolute atomic E-state index is 0.0765. The summed E-state index contributed by atoms with van der Waals surface area (Å²) in [5.41, 5.74) is 0.831. The Hall–Kier alpha value is -3.02. The van der Waals surface area contributed by atoms with Crippen molar-refractivity contribution in [2.75, 3.05) is 6.61 Å². The van der Waals surface area contributed by atoms with Crippen molar-refractivity contribution in [2.45, 2.75) is 6.92 Å². The van der Waals surface area contributed by atoms with Gasteiger partial charge in [0.2, 0.25) is 16.9 Å². The van der Waals surface area contributed by atoms with E-state index in [-0.39, 0.29) is 11.5 Å². The Kier molecular flexibility index (Phi) is 3.42. The van der Waals surface area contributed by atoms with Gasteiger partial charge in [0.1, 0.15) is 5.58 Å². The molecule has 0 amide bonds. The van der Waals surface area contributed by atoms with Crippen molar-refractivity contribution >= 4 is 16.9 Å².